The van der Waals surface area contributed by atoms with Gasteiger partial charge < -0.3 is 14.8 Å². The molecule has 3 unspecified atom stereocenters. The maximum absolute atomic E-state index is 11.9. The molecule has 10 nitrogen and oxygen atoms in total. The van der Waals surface area contributed by atoms with Gasteiger partial charge in [-0.2, -0.15) is 0 Å². The van der Waals surface area contributed by atoms with Gasteiger partial charge >= 0.3 is 11.8 Å². The van der Waals surface area contributed by atoms with Crippen molar-refractivity contribution >= 4 is 34.2 Å². The van der Waals surface area contributed by atoms with Crippen molar-refractivity contribution < 1.29 is 23.4 Å². The average Bonchev–Trinajstić information content (AvgIpc) is 2.49. The summed E-state index contributed by atoms with van der Waals surface area (Å²) in [6.45, 7) is 0. The second-order valence-electron chi connectivity index (χ2n) is 4.37. The molecule has 1 aliphatic rings. The SMILES string of the molecule is COCS(=O)C1=CC(N)([N+](=O)[O-])C(NC(=S)NC(=O)OC)C=C1. The number of methoxy groups -OCH3 is 2. The van der Waals surface area contributed by atoms with Crippen molar-refractivity contribution in [1.82, 2.24) is 10.6 Å². The molecule has 0 radical (unpaired) electrons. The van der Waals surface area contributed by atoms with Gasteiger partial charge in [0.05, 0.1) is 17.9 Å². The minimum absolute atomic E-state index is 0.121. The lowest BCUT2D eigenvalue weighted by Gasteiger charge is -2.29. The number of hydrogen-bond acceptors (Lipinski definition) is 8. The molecule has 4 N–H and O–H groups in total. The lowest BCUT2D eigenvalue weighted by atomic mass is 9.97. The van der Waals surface area contributed by atoms with Gasteiger partial charge in [0, 0.05) is 23.0 Å². The Morgan fingerprint density at radius 2 is 2.26 bits per heavy atom. The van der Waals surface area contributed by atoms with Gasteiger partial charge in [0.25, 0.3) is 0 Å². The fourth-order valence-electron chi connectivity index (χ4n) is 1.68. The summed E-state index contributed by atoms with van der Waals surface area (Å²) in [6.07, 6.45) is 3.00. The first kappa shape index (κ1) is 19.2. The average molecular weight is 364 g/mol. The van der Waals surface area contributed by atoms with Crippen molar-refractivity contribution in [3.63, 3.8) is 0 Å². The molecular formula is C11H16N4O6S2. The van der Waals surface area contributed by atoms with Gasteiger partial charge in [-0.1, -0.05) is 6.08 Å². The number of thiocarbonyl (C=S) groups is 1. The molecule has 0 spiro atoms. The van der Waals surface area contributed by atoms with Crippen LogP contribution in [-0.2, 0) is 20.3 Å². The van der Waals surface area contributed by atoms with Crippen LogP contribution in [0.5, 0.6) is 0 Å². The molecule has 1 amide bonds. The highest BCUT2D eigenvalue weighted by atomic mass is 32.2. The molecule has 0 aromatic rings. The van der Waals surface area contributed by atoms with Crippen LogP contribution >= 0.6 is 12.2 Å². The normalized spacial score (nSPS) is 24.3. The maximum Gasteiger partial charge on any atom is 0.413 e. The highest BCUT2D eigenvalue weighted by molar-refractivity contribution is 7.89. The first-order valence-corrected chi connectivity index (χ1v) is 7.84. The highest BCUT2D eigenvalue weighted by Gasteiger charge is 2.46. The van der Waals surface area contributed by atoms with Crippen molar-refractivity contribution in [1.29, 1.82) is 0 Å². The second-order valence-corrected chi connectivity index (χ2v) is 6.18. The summed E-state index contributed by atoms with van der Waals surface area (Å²) in [6, 6.07) is -1.06. The number of nitro groups is 1. The Morgan fingerprint density at radius 3 is 2.78 bits per heavy atom. The molecule has 0 aromatic heterocycles. The quantitative estimate of drug-likeness (QED) is 0.250. The standard InChI is InChI=1S/C11H16N4O6S2/c1-20-6-23(19)7-3-4-8(11(12,5-7)15(17)18)13-9(22)14-10(16)21-2/h3-5,8H,6,12H2,1-2H3,(H2,13,14,16,22). The number of nitrogens with one attached hydrogen (secondary N) is 2. The number of carbonyl (C=O) groups is 1. The molecule has 0 saturated heterocycles. The van der Waals surface area contributed by atoms with E-state index in [0.717, 1.165) is 13.2 Å². The first-order valence-electron chi connectivity index (χ1n) is 6.11. The van der Waals surface area contributed by atoms with Gasteiger partial charge in [0.15, 0.2) is 5.11 Å². The highest BCUT2D eigenvalue weighted by Crippen LogP contribution is 2.22. The molecule has 23 heavy (non-hydrogen) atoms. The molecule has 0 aliphatic heterocycles. The number of nitrogens with two attached hydrogens (primary N) is 1. The van der Waals surface area contributed by atoms with Crippen LogP contribution in [0.2, 0.25) is 0 Å². The van der Waals surface area contributed by atoms with Crippen LogP contribution < -0.4 is 16.4 Å². The van der Waals surface area contributed by atoms with Gasteiger partial charge in [-0.05, 0) is 18.3 Å². The van der Waals surface area contributed by atoms with Crippen LogP contribution in [-0.4, -0.2) is 52.2 Å². The third-order valence-corrected chi connectivity index (χ3v) is 4.27. The molecule has 1 rings (SSSR count). The van der Waals surface area contributed by atoms with Crippen LogP contribution in [0.3, 0.4) is 0 Å². The van der Waals surface area contributed by atoms with Crippen molar-refractivity contribution in [2.45, 2.75) is 11.7 Å². The van der Waals surface area contributed by atoms with Gasteiger partial charge in [0.2, 0.25) is 0 Å². The van der Waals surface area contributed by atoms with Crippen molar-refractivity contribution in [2.24, 2.45) is 5.73 Å². The van der Waals surface area contributed by atoms with Crippen LogP contribution in [0.15, 0.2) is 23.1 Å². The molecule has 3 atom stereocenters. The fraction of sp³-hybridized carbons (Fsp3) is 0.455. The monoisotopic (exact) mass is 364 g/mol. The largest absolute Gasteiger partial charge is 0.453 e. The molecule has 0 saturated carbocycles. The van der Waals surface area contributed by atoms with Crippen LogP contribution in [0.25, 0.3) is 0 Å². The Kier molecular flexibility index (Phi) is 6.75. The van der Waals surface area contributed by atoms with Crippen molar-refractivity contribution in [3.8, 4) is 0 Å². The van der Waals surface area contributed by atoms with E-state index in [0.29, 0.717) is 0 Å². The first-order chi connectivity index (χ1) is 10.7. The molecule has 0 bridgehead atoms. The maximum atomic E-state index is 11.9. The Bertz CT molecular complexity index is 593. The lowest BCUT2D eigenvalue weighted by Crippen LogP contribution is -2.63. The number of rotatable bonds is 5. The van der Waals surface area contributed by atoms with E-state index in [1.165, 1.54) is 19.3 Å². The summed E-state index contributed by atoms with van der Waals surface area (Å²) in [5.41, 5.74) is 3.71. The summed E-state index contributed by atoms with van der Waals surface area (Å²) in [4.78, 5) is 21.8. The number of hydrogen-bond donors (Lipinski definition) is 3. The zero-order valence-electron chi connectivity index (χ0n) is 12.3. The zero-order chi connectivity index (χ0) is 17.6. The van der Waals surface area contributed by atoms with Crippen LogP contribution in [0.1, 0.15) is 0 Å². The van der Waals surface area contributed by atoms with E-state index >= 15 is 0 Å². The summed E-state index contributed by atoms with van der Waals surface area (Å²) in [5, 5.41) is 15.8. The number of amides is 1. The van der Waals surface area contributed by atoms with Gasteiger partial charge in [0.1, 0.15) is 12.0 Å². The van der Waals surface area contributed by atoms with Gasteiger partial charge in [-0.25, -0.2) is 4.79 Å². The Balaban J connectivity index is 2.96. The fourth-order valence-corrected chi connectivity index (χ4v) is 2.79. The number of carbonyl (C=O) groups excluding carboxylic acids is 1. The van der Waals surface area contributed by atoms with Gasteiger partial charge in [-0.15, -0.1) is 0 Å². The summed E-state index contributed by atoms with van der Waals surface area (Å²) < 4.78 is 21.0. The molecular weight excluding hydrogens is 348 g/mol. The van der Waals surface area contributed by atoms with Crippen LogP contribution in [0, 0.1) is 10.1 Å². The van der Waals surface area contributed by atoms with E-state index in [1.807, 2.05) is 0 Å². The topological polar surface area (TPSA) is 146 Å². The van der Waals surface area contributed by atoms with E-state index in [1.54, 1.807) is 0 Å². The van der Waals surface area contributed by atoms with E-state index in [-0.39, 0.29) is 16.0 Å². The molecule has 128 valence electrons. The van der Waals surface area contributed by atoms with E-state index < -0.39 is 33.5 Å². The smallest absolute Gasteiger partial charge is 0.413 e. The Labute approximate surface area is 139 Å². The van der Waals surface area contributed by atoms with Gasteiger partial charge in [-0.3, -0.25) is 25.4 Å². The molecule has 0 aromatic carbocycles. The number of ether oxygens (including phenoxy) is 2. The summed E-state index contributed by atoms with van der Waals surface area (Å²) in [7, 11) is 0.908. The third-order valence-electron chi connectivity index (χ3n) is 2.82. The summed E-state index contributed by atoms with van der Waals surface area (Å²) in [5.74, 6) is -0.121. The third kappa shape index (κ3) is 4.79. The number of allylic oxidation sites excluding steroid dienone is 1. The predicted octanol–water partition coefficient (Wildman–Crippen LogP) is -0.676. The zero-order valence-corrected chi connectivity index (χ0v) is 13.9. The van der Waals surface area contributed by atoms with Crippen LogP contribution in [0.4, 0.5) is 4.79 Å². The molecule has 0 heterocycles. The number of nitrogens with zero attached hydrogens (tertiary/aromatic N) is 1. The van der Waals surface area contributed by atoms with E-state index in [2.05, 4.69) is 15.4 Å². The van der Waals surface area contributed by atoms with E-state index in [4.69, 9.17) is 22.7 Å². The molecule has 0 fully saturated rings. The lowest BCUT2D eigenvalue weighted by molar-refractivity contribution is -0.556. The predicted molar refractivity (Wildman–Crippen MR) is 86.2 cm³/mol. The summed E-state index contributed by atoms with van der Waals surface area (Å²) >= 11 is 4.85. The Morgan fingerprint density at radius 1 is 1.61 bits per heavy atom. The van der Waals surface area contributed by atoms with Crippen molar-refractivity contribution in [3.05, 3.63) is 33.2 Å². The Hall–Kier alpha value is -1.89. The van der Waals surface area contributed by atoms with Crippen molar-refractivity contribution in [2.75, 3.05) is 20.2 Å². The minimum atomic E-state index is -2.10. The molecule has 1 aliphatic carbocycles. The minimum Gasteiger partial charge on any atom is -0.453 e. The second kappa shape index (κ2) is 8.10. The van der Waals surface area contributed by atoms with E-state index in [9.17, 15) is 19.1 Å². The molecule has 12 heteroatoms. The number of alkyl carbamates (subject to hydrolysis) is 1.